The third-order valence-corrected chi connectivity index (χ3v) is 5.35. The van der Waals surface area contributed by atoms with Crippen molar-refractivity contribution in [2.24, 2.45) is 0 Å². The van der Waals surface area contributed by atoms with Gasteiger partial charge in [0, 0.05) is 0 Å². The molecule has 0 aliphatic heterocycles. The quantitative estimate of drug-likeness (QED) is 0.212. The molecule has 0 aromatic heterocycles. The summed E-state index contributed by atoms with van der Waals surface area (Å²) >= 11 is 0. The molecule has 2 aromatic rings. The van der Waals surface area contributed by atoms with E-state index in [1.165, 1.54) is 51.4 Å². The fourth-order valence-corrected chi connectivity index (χ4v) is 3.64. The molecule has 2 heteroatoms. The van der Waals surface area contributed by atoms with E-state index < -0.39 is 0 Å². The zero-order valence-electron chi connectivity index (χ0n) is 19.9. The van der Waals surface area contributed by atoms with Crippen LogP contribution in [0.4, 0.5) is 0 Å². The Labute approximate surface area is 195 Å². The second-order valence-corrected chi connectivity index (χ2v) is 7.97. The molecule has 0 fully saturated rings. The number of para-hydroxylation sites is 2. The van der Waals surface area contributed by atoms with Crippen LogP contribution in [0.1, 0.15) is 89.2 Å². The second kappa shape index (κ2) is 16.8. The SMILES string of the molecule is CC#Cc1ccccc1OCCCCCCCCCCCCOc1ccccc1C#CC. The van der Waals surface area contributed by atoms with E-state index in [1.54, 1.807) is 0 Å². The summed E-state index contributed by atoms with van der Waals surface area (Å²) in [4.78, 5) is 0. The summed E-state index contributed by atoms with van der Waals surface area (Å²) in [6.45, 7) is 5.27. The molecule has 2 rings (SSSR count). The summed E-state index contributed by atoms with van der Waals surface area (Å²) in [5.74, 6) is 13.9. The van der Waals surface area contributed by atoms with Crippen molar-refractivity contribution >= 4 is 0 Å². The van der Waals surface area contributed by atoms with Crippen LogP contribution in [-0.4, -0.2) is 13.2 Å². The van der Waals surface area contributed by atoms with Crippen molar-refractivity contribution in [2.75, 3.05) is 13.2 Å². The Hall–Kier alpha value is -2.84. The van der Waals surface area contributed by atoms with Gasteiger partial charge in [-0.25, -0.2) is 0 Å². The Morgan fingerprint density at radius 3 is 1.22 bits per heavy atom. The minimum Gasteiger partial charge on any atom is -0.492 e. The molecule has 0 saturated heterocycles. The maximum Gasteiger partial charge on any atom is 0.134 e. The van der Waals surface area contributed by atoms with E-state index in [9.17, 15) is 0 Å². The largest absolute Gasteiger partial charge is 0.492 e. The van der Waals surface area contributed by atoms with Crippen molar-refractivity contribution in [2.45, 2.75) is 78.1 Å². The minimum absolute atomic E-state index is 0.778. The lowest BCUT2D eigenvalue weighted by atomic mass is 10.1. The molecule has 170 valence electrons. The van der Waals surface area contributed by atoms with Gasteiger partial charge < -0.3 is 9.47 Å². The van der Waals surface area contributed by atoms with Gasteiger partial charge in [0.15, 0.2) is 0 Å². The Kier molecular flexibility index (Phi) is 13.3. The van der Waals surface area contributed by atoms with E-state index in [0.29, 0.717) is 0 Å². The predicted octanol–water partition coefficient (Wildman–Crippen LogP) is 7.79. The summed E-state index contributed by atoms with van der Waals surface area (Å²) in [5.41, 5.74) is 1.97. The lowest BCUT2D eigenvalue weighted by Gasteiger charge is -2.08. The van der Waals surface area contributed by atoms with Gasteiger partial charge >= 0.3 is 0 Å². The second-order valence-electron chi connectivity index (χ2n) is 7.97. The van der Waals surface area contributed by atoms with Gasteiger partial charge in [-0.15, -0.1) is 11.8 Å². The molecule has 2 aromatic carbocycles. The lowest BCUT2D eigenvalue weighted by Crippen LogP contribution is -1.99. The summed E-state index contributed by atoms with van der Waals surface area (Å²) in [5, 5.41) is 0. The number of hydrogen-bond acceptors (Lipinski definition) is 2. The zero-order chi connectivity index (χ0) is 22.7. The molecule has 0 heterocycles. The molecule has 0 radical (unpaired) electrons. The number of rotatable bonds is 15. The van der Waals surface area contributed by atoms with Crippen molar-refractivity contribution in [1.29, 1.82) is 0 Å². The number of unbranched alkanes of at least 4 members (excludes halogenated alkanes) is 9. The Bertz CT molecular complexity index is 817. The van der Waals surface area contributed by atoms with Gasteiger partial charge in [0.25, 0.3) is 0 Å². The van der Waals surface area contributed by atoms with Crippen LogP contribution < -0.4 is 9.47 Å². The minimum atomic E-state index is 0.778. The molecule has 0 N–H and O–H groups in total. The van der Waals surface area contributed by atoms with Gasteiger partial charge in [0.05, 0.1) is 24.3 Å². The van der Waals surface area contributed by atoms with Crippen molar-refractivity contribution in [1.82, 2.24) is 0 Å². The average molecular weight is 431 g/mol. The van der Waals surface area contributed by atoms with Crippen LogP contribution in [0.15, 0.2) is 48.5 Å². The molecule has 0 atom stereocenters. The van der Waals surface area contributed by atoms with Crippen molar-refractivity contribution in [3.63, 3.8) is 0 Å². The Balaban J connectivity index is 1.40. The molecular weight excluding hydrogens is 392 g/mol. The monoisotopic (exact) mass is 430 g/mol. The number of benzene rings is 2. The molecule has 0 spiro atoms. The van der Waals surface area contributed by atoms with Crippen LogP contribution >= 0.6 is 0 Å². The standard InChI is InChI=1S/C30H38O2/c1-3-19-27-21-13-15-23-29(27)31-25-17-11-9-7-5-6-8-10-12-18-26-32-30-24-16-14-22-28(30)20-4-2/h13-16,21-24H,5-12,17-18,25-26H2,1-2H3. The number of hydrogen-bond donors (Lipinski definition) is 0. The summed E-state index contributed by atoms with van der Waals surface area (Å²) < 4.78 is 11.8. The fraction of sp³-hybridized carbons (Fsp3) is 0.467. The normalized spacial score (nSPS) is 9.94. The summed E-state index contributed by atoms with van der Waals surface area (Å²) in [6.07, 6.45) is 12.6. The maximum atomic E-state index is 5.91. The van der Waals surface area contributed by atoms with Crippen LogP contribution in [0.2, 0.25) is 0 Å². The van der Waals surface area contributed by atoms with E-state index in [0.717, 1.165) is 48.7 Å². The van der Waals surface area contributed by atoms with E-state index in [4.69, 9.17) is 9.47 Å². The van der Waals surface area contributed by atoms with E-state index in [-0.39, 0.29) is 0 Å². The van der Waals surface area contributed by atoms with Crippen LogP contribution in [-0.2, 0) is 0 Å². The van der Waals surface area contributed by atoms with Crippen molar-refractivity contribution in [3.8, 4) is 35.2 Å². The van der Waals surface area contributed by atoms with Crippen LogP contribution in [0, 0.1) is 23.7 Å². The molecule has 0 aliphatic rings. The van der Waals surface area contributed by atoms with Gasteiger partial charge in [-0.3, -0.25) is 0 Å². The highest BCUT2D eigenvalue weighted by Gasteiger charge is 2.01. The van der Waals surface area contributed by atoms with Crippen molar-refractivity contribution in [3.05, 3.63) is 59.7 Å². The van der Waals surface area contributed by atoms with Crippen LogP contribution in [0.25, 0.3) is 0 Å². The third-order valence-electron chi connectivity index (χ3n) is 5.35. The van der Waals surface area contributed by atoms with Gasteiger partial charge in [0.1, 0.15) is 11.5 Å². The molecule has 0 unspecified atom stereocenters. The van der Waals surface area contributed by atoms with E-state index in [1.807, 2.05) is 62.4 Å². The zero-order valence-corrected chi connectivity index (χ0v) is 19.9. The summed E-state index contributed by atoms with van der Waals surface area (Å²) in [6, 6.07) is 16.1. The Morgan fingerprint density at radius 1 is 0.500 bits per heavy atom. The molecule has 0 bridgehead atoms. The maximum absolute atomic E-state index is 5.91. The van der Waals surface area contributed by atoms with Crippen LogP contribution in [0.3, 0.4) is 0 Å². The molecule has 2 nitrogen and oxygen atoms in total. The Morgan fingerprint density at radius 2 is 0.844 bits per heavy atom. The molecule has 0 saturated carbocycles. The van der Waals surface area contributed by atoms with E-state index >= 15 is 0 Å². The topological polar surface area (TPSA) is 18.5 Å². The summed E-state index contributed by atoms with van der Waals surface area (Å²) in [7, 11) is 0. The van der Waals surface area contributed by atoms with Gasteiger partial charge in [0.2, 0.25) is 0 Å². The third kappa shape index (κ3) is 10.5. The van der Waals surface area contributed by atoms with Gasteiger partial charge in [-0.1, -0.05) is 87.5 Å². The van der Waals surface area contributed by atoms with Gasteiger partial charge in [-0.2, -0.15) is 0 Å². The first-order chi connectivity index (χ1) is 15.8. The van der Waals surface area contributed by atoms with Crippen molar-refractivity contribution < 1.29 is 9.47 Å². The van der Waals surface area contributed by atoms with Gasteiger partial charge in [-0.05, 0) is 51.0 Å². The molecule has 0 amide bonds. The highest BCUT2D eigenvalue weighted by Crippen LogP contribution is 2.19. The first-order valence-electron chi connectivity index (χ1n) is 12.1. The first-order valence-corrected chi connectivity index (χ1v) is 12.1. The van der Waals surface area contributed by atoms with E-state index in [2.05, 4.69) is 23.7 Å². The lowest BCUT2D eigenvalue weighted by molar-refractivity contribution is 0.302. The molecular formula is C30H38O2. The predicted molar refractivity (Wildman–Crippen MR) is 135 cm³/mol. The highest BCUT2D eigenvalue weighted by molar-refractivity contribution is 5.46. The average Bonchev–Trinajstić information content (AvgIpc) is 2.81. The highest BCUT2D eigenvalue weighted by atomic mass is 16.5. The number of ether oxygens (including phenoxy) is 2. The smallest absolute Gasteiger partial charge is 0.134 e. The van der Waals surface area contributed by atoms with Crippen LogP contribution in [0.5, 0.6) is 11.5 Å². The molecule has 32 heavy (non-hydrogen) atoms. The fourth-order valence-electron chi connectivity index (χ4n) is 3.64. The first kappa shape index (κ1) is 25.4. The molecule has 0 aliphatic carbocycles.